The van der Waals surface area contributed by atoms with E-state index in [0.717, 1.165) is 43.9 Å². The van der Waals surface area contributed by atoms with Crippen LogP contribution in [0.4, 0.5) is 5.69 Å². The number of aryl methyl sites for hydroxylation is 2. The smallest absolute Gasteiger partial charge is 0.254 e. The van der Waals surface area contributed by atoms with E-state index < -0.39 is 0 Å². The molecule has 3 heterocycles. The minimum absolute atomic E-state index is 0.0361. The highest BCUT2D eigenvalue weighted by Gasteiger charge is 2.21. The summed E-state index contributed by atoms with van der Waals surface area (Å²) < 4.78 is 0. The van der Waals surface area contributed by atoms with Crippen molar-refractivity contribution in [3.05, 3.63) is 56.8 Å². The lowest BCUT2D eigenvalue weighted by molar-refractivity contribution is 0.240. The summed E-state index contributed by atoms with van der Waals surface area (Å²) in [5, 5.41) is 0. The second-order valence-electron chi connectivity index (χ2n) is 7.03. The fraction of sp³-hybridized carbons (Fsp3) is 0.474. The fourth-order valence-corrected chi connectivity index (χ4v) is 3.95. The molecule has 0 atom stereocenters. The zero-order valence-corrected chi connectivity index (χ0v) is 14.4. The Morgan fingerprint density at radius 2 is 2.12 bits per heavy atom. The molecule has 126 valence electrons. The Morgan fingerprint density at radius 1 is 1.25 bits per heavy atom. The van der Waals surface area contributed by atoms with Crippen molar-refractivity contribution >= 4 is 5.69 Å². The highest BCUT2D eigenvalue weighted by atomic mass is 16.1. The number of anilines is 1. The molecule has 24 heavy (non-hydrogen) atoms. The number of nitrogens with one attached hydrogen (secondary N) is 1. The Balaban J connectivity index is 1.53. The molecule has 0 amide bonds. The van der Waals surface area contributed by atoms with E-state index in [2.05, 4.69) is 45.0 Å². The van der Waals surface area contributed by atoms with Crippen molar-refractivity contribution in [1.29, 1.82) is 0 Å². The molecule has 1 aromatic heterocycles. The molecule has 0 spiro atoms. The molecule has 0 bridgehead atoms. The monoisotopic (exact) mass is 324 g/mol. The average Bonchev–Trinajstić information content (AvgIpc) is 2.54. The molecular formula is C19H24N4O. The van der Waals surface area contributed by atoms with Gasteiger partial charge in [0.25, 0.3) is 5.56 Å². The van der Waals surface area contributed by atoms with Crippen LogP contribution in [0.15, 0.2) is 23.0 Å². The minimum atomic E-state index is 0.0361. The number of rotatable bonds is 2. The van der Waals surface area contributed by atoms with Crippen molar-refractivity contribution in [2.75, 3.05) is 25.0 Å². The van der Waals surface area contributed by atoms with Crippen LogP contribution in [-0.2, 0) is 25.9 Å². The second-order valence-corrected chi connectivity index (χ2v) is 7.03. The molecule has 0 saturated heterocycles. The van der Waals surface area contributed by atoms with Crippen LogP contribution >= 0.6 is 0 Å². The van der Waals surface area contributed by atoms with Crippen LogP contribution in [0.1, 0.15) is 34.6 Å². The van der Waals surface area contributed by atoms with Gasteiger partial charge >= 0.3 is 0 Å². The predicted molar refractivity (Wildman–Crippen MR) is 95.4 cm³/mol. The number of aromatic nitrogens is 2. The summed E-state index contributed by atoms with van der Waals surface area (Å²) in [6.07, 6.45) is 3.19. The summed E-state index contributed by atoms with van der Waals surface area (Å²) in [6.45, 7) is 5.59. The molecule has 2 aliphatic rings. The summed E-state index contributed by atoms with van der Waals surface area (Å²) >= 11 is 0. The number of fused-ring (bicyclic) bond motifs is 2. The van der Waals surface area contributed by atoms with E-state index in [0.29, 0.717) is 5.82 Å². The summed E-state index contributed by atoms with van der Waals surface area (Å²) in [6, 6.07) is 6.86. The van der Waals surface area contributed by atoms with Crippen LogP contribution in [0.5, 0.6) is 0 Å². The summed E-state index contributed by atoms with van der Waals surface area (Å²) in [5.41, 5.74) is 6.04. The largest absolute Gasteiger partial charge is 0.374 e. The van der Waals surface area contributed by atoms with E-state index in [4.69, 9.17) is 0 Å². The first-order valence-corrected chi connectivity index (χ1v) is 8.74. The summed E-state index contributed by atoms with van der Waals surface area (Å²) in [4.78, 5) is 24.1. The van der Waals surface area contributed by atoms with Gasteiger partial charge in [0.15, 0.2) is 0 Å². The topological polar surface area (TPSA) is 52.2 Å². The molecule has 5 heteroatoms. The third-order valence-corrected chi connectivity index (χ3v) is 5.17. The van der Waals surface area contributed by atoms with E-state index >= 15 is 0 Å². The van der Waals surface area contributed by atoms with Crippen LogP contribution in [0.2, 0.25) is 0 Å². The Kier molecular flexibility index (Phi) is 3.88. The highest BCUT2D eigenvalue weighted by molar-refractivity contribution is 5.56. The molecule has 0 fully saturated rings. The van der Waals surface area contributed by atoms with Crippen molar-refractivity contribution < 1.29 is 0 Å². The first-order chi connectivity index (χ1) is 11.6. The van der Waals surface area contributed by atoms with E-state index in [1.54, 1.807) is 0 Å². The Hall–Kier alpha value is -2.14. The molecule has 4 rings (SSSR count). The maximum Gasteiger partial charge on any atom is 0.254 e. The van der Waals surface area contributed by atoms with Crippen LogP contribution < -0.4 is 10.5 Å². The lowest BCUT2D eigenvalue weighted by atomic mass is 9.99. The van der Waals surface area contributed by atoms with E-state index in [1.165, 1.54) is 29.7 Å². The van der Waals surface area contributed by atoms with Crippen molar-refractivity contribution in [3.63, 3.8) is 0 Å². The van der Waals surface area contributed by atoms with Gasteiger partial charge in [0, 0.05) is 44.5 Å². The lowest BCUT2D eigenvalue weighted by Crippen LogP contribution is -2.35. The second kappa shape index (κ2) is 6.06. The van der Waals surface area contributed by atoms with Gasteiger partial charge in [-0.15, -0.1) is 0 Å². The van der Waals surface area contributed by atoms with Gasteiger partial charge in [0.2, 0.25) is 0 Å². The summed E-state index contributed by atoms with van der Waals surface area (Å²) in [7, 11) is 2.17. The van der Waals surface area contributed by atoms with Crippen molar-refractivity contribution in [1.82, 2.24) is 14.9 Å². The SMILES string of the molecule is Cc1nc2c(c(=O)[nH]1)CCN(Cc1ccc3c(c1)CCCN3C)C2. The van der Waals surface area contributed by atoms with Gasteiger partial charge in [-0.05, 0) is 43.4 Å². The number of hydrogen-bond donors (Lipinski definition) is 1. The van der Waals surface area contributed by atoms with Gasteiger partial charge in [-0.2, -0.15) is 0 Å². The molecule has 2 aromatic rings. The van der Waals surface area contributed by atoms with Crippen LogP contribution in [0.25, 0.3) is 0 Å². The lowest BCUT2D eigenvalue weighted by Gasteiger charge is -2.30. The van der Waals surface area contributed by atoms with Crippen molar-refractivity contribution in [3.8, 4) is 0 Å². The van der Waals surface area contributed by atoms with E-state index in [9.17, 15) is 4.79 Å². The van der Waals surface area contributed by atoms with Gasteiger partial charge in [0.1, 0.15) is 5.82 Å². The highest BCUT2D eigenvalue weighted by Crippen LogP contribution is 2.27. The standard InChI is InChI=1S/C19H24N4O/c1-13-20-17-12-23(9-7-16(17)19(24)21-13)11-14-5-6-18-15(10-14)4-3-8-22(18)2/h5-6,10H,3-4,7-9,11-12H2,1-2H3,(H,20,21,24). The molecule has 0 unspecified atom stereocenters. The van der Waals surface area contributed by atoms with Gasteiger partial charge < -0.3 is 9.88 Å². The molecule has 0 aliphatic carbocycles. The Bertz CT molecular complexity index is 827. The molecule has 2 aliphatic heterocycles. The molecule has 1 aromatic carbocycles. The summed E-state index contributed by atoms with van der Waals surface area (Å²) in [5.74, 6) is 0.706. The zero-order valence-electron chi connectivity index (χ0n) is 14.4. The maximum absolute atomic E-state index is 12.0. The molecule has 0 saturated carbocycles. The predicted octanol–water partition coefficient (Wildman–Crippen LogP) is 2.02. The van der Waals surface area contributed by atoms with Gasteiger partial charge in [-0.3, -0.25) is 9.69 Å². The van der Waals surface area contributed by atoms with Gasteiger partial charge in [0.05, 0.1) is 5.69 Å². The molecule has 1 N–H and O–H groups in total. The first-order valence-electron chi connectivity index (χ1n) is 8.74. The van der Waals surface area contributed by atoms with Crippen LogP contribution in [0, 0.1) is 6.92 Å². The molecular weight excluding hydrogens is 300 g/mol. The minimum Gasteiger partial charge on any atom is -0.374 e. The number of benzene rings is 1. The van der Waals surface area contributed by atoms with E-state index in [-0.39, 0.29) is 5.56 Å². The quantitative estimate of drug-likeness (QED) is 0.918. The van der Waals surface area contributed by atoms with Crippen LogP contribution in [-0.4, -0.2) is 35.0 Å². The number of nitrogens with zero attached hydrogens (tertiary/aromatic N) is 3. The van der Waals surface area contributed by atoms with Crippen molar-refractivity contribution in [2.24, 2.45) is 0 Å². The third-order valence-electron chi connectivity index (χ3n) is 5.17. The average molecular weight is 324 g/mol. The first kappa shape index (κ1) is 15.4. The normalized spacial score (nSPS) is 17.5. The molecule has 5 nitrogen and oxygen atoms in total. The Labute approximate surface area is 142 Å². The van der Waals surface area contributed by atoms with Crippen LogP contribution in [0.3, 0.4) is 0 Å². The van der Waals surface area contributed by atoms with Gasteiger partial charge in [-0.1, -0.05) is 12.1 Å². The van der Waals surface area contributed by atoms with E-state index in [1.807, 2.05) is 6.92 Å². The third kappa shape index (κ3) is 2.84. The Morgan fingerprint density at radius 3 is 3.00 bits per heavy atom. The van der Waals surface area contributed by atoms with Gasteiger partial charge in [-0.25, -0.2) is 4.98 Å². The zero-order chi connectivity index (χ0) is 16.7. The molecule has 0 radical (unpaired) electrons. The number of hydrogen-bond acceptors (Lipinski definition) is 4. The number of aromatic amines is 1. The number of H-pyrrole nitrogens is 1. The fourth-order valence-electron chi connectivity index (χ4n) is 3.95. The maximum atomic E-state index is 12.0. The van der Waals surface area contributed by atoms with Crippen molar-refractivity contribution in [2.45, 2.75) is 39.3 Å².